The van der Waals surface area contributed by atoms with Gasteiger partial charge >= 0.3 is 0 Å². The molecule has 1 aliphatic rings. The Kier molecular flexibility index (Phi) is 7.98. The van der Waals surface area contributed by atoms with Crippen molar-refractivity contribution in [3.63, 3.8) is 0 Å². The number of hydrogen-bond acceptors (Lipinski definition) is 1. The summed E-state index contributed by atoms with van der Waals surface area (Å²) < 4.78 is 15.1. The highest BCUT2D eigenvalue weighted by Gasteiger charge is 2.26. The van der Waals surface area contributed by atoms with Gasteiger partial charge in [-0.25, -0.2) is 4.39 Å². The van der Waals surface area contributed by atoms with Gasteiger partial charge in [-0.05, 0) is 97.1 Å². The fourth-order valence-corrected chi connectivity index (χ4v) is 5.31. The van der Waals surface area contributed by atoms with Crippen LogP contribution in [-0.2, 0) is 19.3 Å². The minimum absolute atomic E-state index is 0.108. The molecule has 3 aromatic carbocycles. The molecule has 0 aromatic heterocycles. The second-order valence-corrected chi connectivity index (χ2v) is 9.79. The van der Waals surface area contributed by atoms with Crippen LogP contribution in [0, 0.1) is 11.7 Å². The molecule has 2 N–H and O–H groups in total. The van der Waals surface area contributed by atoms with Crippen LogP contribution in [0.15, 0.2) is 66.7 Å². The van der Waals surface area contributed by atoms with Crippen LogP contribution in [0.5, 0.6) is 0 Å². The molecular weight excluding hydrogens is 405 g/mol. The maximum absolute atomic E-state index is 15.1. The quantitative estimate of drug-likeness (QED) is 0.377. The molecule has 0 radical (unpaired) electrons. The van der Waals surface area contributed by atoms with E-state index in [0.29, 0.717) is 23.4 Å². The SMILES string of the molecule is CCc1ccc(CCc2ccc(-c3ccc(C4CCC(C(N)CC)CC4)cc3F)cc2)cc1. The molecule has 0 heterocycles. The van der Waals surface area contributed by atoms with Gasteiger partial charge in [0, 0.05) is 11.6 Å². The van der Waals surface area contributed by atoms with E-state index in [1.807, 2.05) is 6.07 Å². The van der Waals surface area contributed by atoms with Crippen LogP contribution in [0.25, 0.3) is 11.1 Å². The summed E-state index contributed by atoms with van der Waals surface area (Å²) in [5.41, 5.74) is 13.1. The molecule has 0 aliphatic heterocycles. The third-order valence-corrected chi connectivity index (χ3v) is 7.71. The van der Waals surface area contributed by atoms with E-state index in [2.05, 4.69) is 68.4 Å². The van der Waals surface area contributed by atoms with Crippen molar-refractivity contribution in [1.82, 2.24) is 0 Å². The molecule has 33 heavy (non-hydrogen) atoms. The molecule has 1 nitrogen and oxygen atoms in total. The van der Waals surface area contributed by atoms with Crippen molar-refractivity contribution in [1.29, 1.82) is 0 Å². The van der Waals surface area contributed by atoms with Crippen LogP contribution in [0.3, 0.4) is 0 Å². The lowest BCUT2D eigenvalue weighted by Gasteiger charge is -2.32. The lowest BCUT2D eigenvalue weighted by atomic mass is 9.75. The number of rotatable bonds is 8. The number of benzene rings is 3. The predicted octanol–water partition coefficient (Wildman–Crippen LogP) is 7.85. The normalized spacial score (nSPS) is 19.4. The fourth-order valence-electron chi connectivity index (χ4n) is 5.31. The van der Waals surface area contributed by atoms with Gasteiger partial charge in [0.15, 0.2) is 0 Å². The Morgan fingerprint density at radius 1 is 0.788 bits per heavy atom. The zero-order valence-corrected chi connectivity index (χ0v) is 20.2. The predicted molar refractivity (Wildman–Crippen MR) is 138 cm³/mol. The summed E-state index contributed by atoms with van der Waals surface area (Å²) in [5, 5.41) is 0. The Balaban J connectivity index is 1.37. The zero-order chi connectivity index (χ0) is 23.2. The Morgan fingerprint density at radius 3 is 1.91 bits per heavy atom. The van der Waals surface area contributed by atoms with E-state index in [1.54, 1.807) is 6.07 Å². The monoisotopic (exact) mass is 443 g/mol. The summed E-state index contributed by atoms with van der Waals surface area (Å²) in [6, 6.07) is 23.5. The molecule has 3 aromatic rings. The van der Waals surface area contributed by atoms with Gasteiger partial charge in [-0.15, -0.1) is 0 Å². The maximum atomic E-state index is 15.1. The van der Waals surface area contributed by atoms with Crippen LogP contribution < -0.4 is 5.73 Å². The minimum Gasteiger partial charge on any atom is -0.327 e. The van der Waals surface area contributed by atoms with Gasteiger partial charge in [0.2, 0.25) is 0 Å². The number of hydrogen-bond donors (Lipinski definition) is 1. The summed E-state index contributed by atoms with van der Waals surface area (Å²) in [6.45, 7) is 4.35. The third-order valence-electron chi connectivity index (χ3n) is 7.71. The summed E-state index contributed by atoms with van der Waals surface area (Å²) in [4.78, 5) is 0. The summed E-state index contributed by atoms with van der Waals surface area (Å²) in [5.74, 6) is 0.982. The highest BCUT2D eigenvalue weighted by Crippen LogP contribution is 2.38. The fraction of sp³-hybridized carbons (Fsp3) is 0.419. The van der Waals surface area contributed by atoms with Crippen LogP contribution in [0.4, 0.5) is 4.39 Å². The van der Waals surface area contributed by atoms with Gasteiger partial charge < -0.3 is 5.73 Å². The Morgan fingerprint density at radius 2 is 1.36 bits per heavy atom. The van der Waals surface area contributed by atoms with E-state index in [1.165, 1.54) is 16.7 Å². The average Bonchev–Trinajstić information content (AvgIpc) is 2.87. The molecule has 0 bridgehead atoms. The first-order valence-corrected chi connectivity index (χ1v) is 12.8. The molecule has 0 saturated heterocycles. The van der Waals surface area contributed by atoms with Gasteiger partial charge in [-0.1, -0.05) is 74.5 Å². The highest BCUT2D eigenvalue weighted by atomic mass is 19.1. The van der Waals surface area contributed by atoms with Crippen molar-refractivity contribution in [3.8, 4) is 11.1 Å². The molecule has 174 valence electrons. The maximum Gasteiger partial charge on any atom is 0.131 e. The molecular formula is C31H38FN. The molecule has 0 spiro atoms. The molecule has 1 saturated carbocycles. The molecule has 1 atom stereocenters. The largest absolute Gasteiger partial charge is 0.327 e. The van der Waals surface area contributed by atoms with E-state index in [4.69, 9.17) is 5.73 Å². The van der Waals surface area contributed by atoms with E-state index in [-0.39, 0.29) is 5.82 Å². The summed E-state index contributed by atoms with van der Waals surface area (Å²) >= 11 is 0. The highest BCUT2D eigenvalue weighted by molar-refractivity contribution is 5.65. The van der Waals surface area contributed by atoms with Crippen LogP contribution in [0.1, 0.15) is 74.1 Å². The molecule has 1 fully saturated rings. The van der Waals surface area contributed by atoms with Crippen molar-refractivity contribution in [3.05, 3.63) is 94.8 Å². The van der Waals surface area contributed by atoms with Crippen molar-refractivity contribution < 1.29 is 4.39 Å². The minimum atomic E-state index is -0.108. The lowest BCUT2D eigenvalue weighted by Crippen LogP contribution is -2.32. The van der Waals surface area contributed by atoms with Gasteiger partial charge in [0.25, 0.3) is 0 Å². The summed E-state index contributed by atoms with van der Waals surface area (Å²) in [6.07, 6.45) is 8.70. The molecule has 4 rings (SSSR count). The second-order valence-electron chi connectivity index (χ2n) is 9.79. The van der Waals surface area contributed by atoms with Crippen LogP contribution in [0.2, 0.25) is 0 Å². The van der Waals surface area contributed by atoms with Crippen LogP contribution >= 0.6 is 0 Å². The van der Waals surface area contributed by atoms with Crippen LogP contribution in [-0.4, -0.2) is 6.04 Å². The Labute approximate surface area is 199 Å². The van der Waals surface area contributed by atoms with E-state index < -0.39 is 0 Å². The first kappa shape index (κ1) is 23.7. The topological polar surface area (TPSA) is 26.0 Å². The van der Waals surface area contributed by atoms with Gasteiger partial charge in [-0.3, -0.25) is 0 Å². The first-order valence-electron chi connectivity index (χ1n) is 12.8. The van der Waals surface area contributed by atoms with Gasteiger partial charge in [0.1, 0.15) is 5.82 Å². The number of aryl methyl sites for hydroxylation is 3. The second kappa shape index (κ2) is 11.1. The standard InChI is InChI=1S/C31H38FN/c1-3-22-5-7-23(8-6-22)9-10-24-11-13-26(14-12-24)29-20-19-28(21-30(29)32)25-15-17-27(18-16-25)31(33)4-2/h5-8,11-14,19-21,25,27,31H,3-4,9-10,15-18,33H2,1-2H3. The van der Waals surface area contributed by atoms with Crippen molar-refractivity contribution >= 4 is 0 Å². The third kappa shape index (κ3) is 5.92. The van der Waals surface area contributed by atoms with Gasteiger partial charge in [-0.2, -0.15) is 0 Å². The number of nitrogens with two attached hydrogens (primary N) is 1. The average molecular weight is 444 g/mol. The zero-order valence-electron chi connectivity index (χ0n) is 20.2. The molecule has 1 aliphatic carbocycles. The van der Waals surface area contributed by atoms with E-state index in [0.717, 1.165) is 62.5 Å². The lowest BCUT2D eigenvalue weighted by molar-refractivity contribution is 0.277. The van der Waals surface area contributed by atoms with E-state index in [9.17, 15) is 0 Å². The molecule has 0 amide bonds. The molecule has 2 heteroatoms. The van der Waals surface area contributed by atoms with E-state index >= 15 is 4.39 Å². The molecule has 1 unspecified atom stereocenters. The Hall–Kier alpha value is -2.45. The van der Waals surface area contributed by atoms with Gasteiger partial charge in [0.05, 0.1) is 0 Å². The smallest absolute Gasteiger partial charge is 0.131 e. The van der Waals surface area contributed by atoms with Crippen molar-refractivity contribution in [2.75, 3.05) is 0 Å². The van der Waals surface area contributed by atoms with Crippen molar-refractivity contribution in [2.24, 2.45) is 11.7 Å². The summed E-state index contributed by atoms with van der Waals surface area (Å²) in [7, 11) is 0. The first-order chi connectivity index (χ1) is 16.1. The Bertz CT molecular complexity index is 1010. The van der Waals surface area contributed by atoms with Crippen molar-refractivity contribution in [2.45, 2.75) is 77.2 Å². The number of halogens is 1.